The van der Waals surface area contributed by atoms with Gasteiger partial charge in [0.2, 0.25) is 5.91 Å². The standard InChI is InChI=1S/C17H29N5O2/c1-6-21(7-2)16(23)14-9-8-10-22(11-14)17(24)18-15-12(3)19-20(5)13(15)4/h14H,6-11H2,1-5H3,(H,18,24)/t14-/m0/s1. The number of likely N-dealkylation sites (tertiary alicyclic amines) is 1. The van der Waals surface area contributed by atoms with Crippen LogP contribution in [0.3, 0.4) is 0 Å². The van der Waals surface area contributed by atoms with E-state index in [1.165, 1.54) is 0 Å². The highest BCUT2D eigenvalue weighted by Gasteiger charge is 2.30. The third kappa shape index (κ3) is 3.71. The van der Waals surface area contributed by atoms with Crippen LogP contribution in [0.25, 0.3) is 0 Å². The number of hydrogen-bond acceptors (Lipinski definition) is 3. The van der Waals surface area contributed by atoms with Crippen LogP contribution in [0, 0.1) is 19.8 Å². The average Bonchev–Trinajstić information content (AvgIpc) is 2.82. The number of amides is 3. The number of urea groups is 1. The number of hydrogen-bond donors (Lipinski definition) is 1. The lowest BCUT2D eigenvalue weighted by Crippen LogP contribution is -2.48. The molecule has 134 valence electrons. The molecule has 1 atom stereocenters. The minimum atomic E-state index is -0.147. The molecule has 1 fully saturated rings. The van der Waals surface area contributed by atoms with Crippen molar-refractivity contribution in [2.45, 2.75) is 40.5 Å². The molecule has 1 aromatic rings. The van der Waals surface area contributed by atoms with Crippen molar-refractivity contribution in [3.8, 4) is 0 Å². The molecular formula is C17H29N5O2. The third-order valence-corrected chi connectivity index (χ3v) is 4.87. The second-order valence-electron chi connectivity index (χ2n) is 6.40. The van der Waals surface area contributed by atoms with E-state index in [2.05, 4.69) is 10.4 Å². The molecule has 0 unspecified atom stereocenters. The molecule has 0 spiro atoms. The maximum atomic E-state index is 12.6. The summed E-state index contributed by atoms with van der Waals surface area (Å²) in [6.45, 7) is 10.4. The number of anilines is 1. The fourth-order valence-electron chi connectivity index (χ4n) is 3.30. The maximum Gasteiger partial charge on any atom is 0.321 e. The zero-order valence-electron chi connectivity index (χ0n) is 15.4. The number of aromatic nitrogens is 2. The van der Waals surface area contributed by atoms with E-state index >= 15 is 0 Å². The van der Waals surface area contributed by atoms with Crippen LogP contribution < -0.4 is 5.32 Å². The van der Waals surface area contributed by atoms with Crippen LogP contribution in [0.1, 0.15) is 38.1 Å². The highest BCUT2D eigenvalue weighted by Crippen LogP contribution is 2.22. The number of carbonyl (C=O) groups is 2. The van der Waals surface area contributed by atoms with Gasteiger partial charge < -0.3 is 15.1 Å². The SMILES string of the molecule is CCN(CC)C(=O)[C@H]1CCCN(C(=O)Nc2c(C)nn(C)c2C)C1. The molecule has 2 rings (SSSR count). The van der Waals surface area contributed by atoms with Gasteiger partial charge in [-0.15, -0.1) is 0 Å². The smallest absolute Gasteiger partial charge is 0.321 e. The van der Waals surface area contributed by atoms with Crippen molar-refractivity contribution >= 4 is 17.6 Å². The first-order valence-corrected chi connectivity index (χ1v) is 8.73. The molecule has 24 heavy (non-hydrogen) atoms. The van der Waals surface area contributed by atoms with Crippen molar-refractivity contribution in [1.82, 2.24) is 19.6 Å². The quantitative estimate of drug-likeness (QED) is 0.916. The lowest BCUT2D eigenvalue weighted by atomic mass is 9.96. The van der Waals surface area contributed by atoms with Crippen LogP contribution in [0.4, 0.5) is 10.5 Å². The summed E-state index contributed by atoms with van der Waals surface area (Å²) in [5.74, 6) is 0.0618. The molecule has 1 aliphatic heterocycles. The fourth-order valence-corrected chi connectivity index (χ4v) is 3.30. The fraction of sp³-hybridized carbons (Fsp3) is 0.706. The summed E-state index contributed by atoms with van der Waals surface area (Å²) in [5.41, 5.74) is 2.49. The molecular weight excluding hydrogens is 306 g/mol. The Morgan fingerprint density at radius 2 is 1.96 bits per heavy atom. The molecule has 0 aromatic carbocycles. The summed E-state index contributed by atoms with van der Waals surface area (Å²) < 4.78 is 1.76. The summed E-state index contributed by atoms with van der Waals surface area (Å²) in [4.78, 5) is 28.8. The number of nitrogens with one attached hydrogen (secondary N) is 1. The van der Waals surface area contributed by atoms with Gasteiger partial charge in [0.25, 0.3) is 0 Å². The first-order valence-electron chi connectivity index (χ1n) is 8.73. The van der Waals surface area contributed by atoms with Gasteiger partial charge in [0.05, 0.1) is 23.0 Å². The predicted molar refractivity (Wildman–Crippen MR) is 93.9 cm³/mol. The van der Waals surface area contributed by atoms with E-state index in [9.17, 15) is 9.59 Å². The van der Waals surface area contributed by atoms with Gasteiger partial charge in [0, 0.05) is 33.2 Å². The second kappa shape index (κ2) is 7.68. The van der Waals surface area contributed by atoms with Gasteiger partial charge in [0.15, 0.2) is 0 Å². The molecule has 0 saturated carbocycles. The Kier molecular flexibility index (Phi) is 5.85. The number of rotatable bonds is 4. The first kappa shape index (κ1) is 18.3. The van der Waals surface area contributed by atoms with Gasteiger partial charge in [-0.2, -0.15) is 5.10 Å². The Bertz CT molecular complexity index is 606. The molecule has 0 aliphatic carbocycles. The molecule has 3 amide bonds. The Balaban J connectivity index is 2.03. The molecule has 7 nitrogen and oxygen atoms in total. The van der Waals surface area contributed by atoms with E-state index < -0.39 is 0 Å². The molecule has 2 heterocycles. The topological polar surface area (TPSA) is 70.5 Å². The summed E-state index contributed by atoms with van der Waals surface area (Å²) in [7, 11) is 1.86. The number of piperidine rings is 1. The Hall–Kier alpha value is -2.05. The maximum absolute atomic E-state index is 12.6. The highest BCUT2D eigenvalue weighted by molar-refractivity contribution is 5.91. The van der Waals surface area contributed by atoms with Gasteiger partial charge in [-0.1, -0.05) is 0 Å². The molecule has 1 aliphatic rings. The highest BCUT2D eigenvalue weighted by atomic mass is 16.2. The van der Waals surface area contributed by atoms with Gasteiger partial charge in [-0.3, -0.25) is 9.48 Å². The van der Waals surface area contributed by atoms with Crippen molar-refractivity contribution in [3.05, 3.63) is 11.4 Å². The molecule has 7 heteroatoms. The number of aryl methyl sites for hydroxylation is 2. The zero-order chi connectivity index (χ0) is 17.9. The van der Waals surface area contributed by atoms with E-state index in [-0.39, 0.29) is 17.9 Å². The molecule has 1 saturated heterocycles. The van der Waals surface area contributed by atoms with E-state index in [4.69, 9.17) is 0 Å². The monoisotopic (exact) mass is 335 g/mol. The molecule has 1 N–H and O–H groups in total. The first-order chi connectivity index (χ1) is 11.4. The van der Waals surface area contributed by atoms with E-state index in [1.54, 1.807) is 9.58 Å². The van der Waals surface area contributed by atoms with Crippen LogP contribution in [0.2, 0.25) is 0 Å². The Morgan fingerprint density at radius 3 is 2.50 bits per heavy atom. The molecule has 0 radical (unpaired) electrons. The van der Waals surface area contributed by atoms with Gasteiger partial charge in [-0.25, -0.2) is 4.79 Å². The lowest BCUT2D eigenvalue weighted by Gasteiger charge is -2.34. The third-order valence-electron chi connectivity index (χ3n) is 4.87. The van der Waals surface area contributed by atoms with Gasteiger partial charge in [0.1, 0.15) is 0 Å². The minimum Gasteiger partial charge on any atom is -0.343 e. The predicted octanol–water partition coefficient (Wildman–Crippen LogP) is 2.15. The van der Waals surface area contributed by atoms with Crippen molar-refractivity contribution in [2.24, 2.45) is 13.0 Å². The zero-order valence-corrected chi connectivity index (χ0v) is 15.4. The second-order valence-corrected chi connectivity index (χ2v) is 6.40. The number of carbonyl (C=O) groups excluding carboxylic acids is 2. The normalized spacial score (nSPS) is 17.7. The van der Waals surface area contributed by atoms with Crippen LogP contribution in [0.5, 0.6) is 0 Å². The molecule has 1 aromatic heterocycles. The summed E-state index contributed by atoms with van der Waals surface area (Å²) in [5, 5.41) is 7.28. The van der Waals surface area contributed by atoms with Crippen molar-refractivity contribution in [2.75, 3.05) is 31.5 Å². The summed E-state index contributed by atoms with van der Waals surface area (Å²) in [6, 6.07) is -0.147. The van der Waals surface area contributed by atoms with Crippen LogP contribution in [-0.4, -0.2) is 57.7 Å². The van der Waals surface area contributed by atoms with Crippen molar-refractivity contribution in [1.29, 1.82) is 0 Å². The van der Waals surface area contributed by atoms with Crippen LogP contribution >= 0.6 is 0 Å². The summed E-state index contributed by atoms with van der Waals surface area (Å²) >= 11 is 0. The van der Waals surface area contributed by atoms with Crippen LogP contribution in [0.15, 0.2) is 0 Å². The van der Waals surface area contributed by atoms with Crippen molar-refractivity contribution < 1.29 is 9.59 Å². The minimum absolute atomic E-state index is 0.0968. The van der Waals surface area contributed by atoms with E-state index in [1.807, 2.05) is 39.6 Å². The van der Waals surface area contributed by atoms with Gasteiger partial charge >= 0.3 is 6.03 Å². The Morgan fingerprint density at radius 1 is 1.29 bits per heavy atom. The van der Waals surface area contributed by atoms with Gasteiger partial charge in [-0.05, 0) is 40.5 Å². The summed E-state index contributed by atoms with van der Waals surface area (Å²) in [6.07, 6.45) is 1.71. The Labute approximate surface area is 144 Å². The van der Waals surface area contributed by atoms with E-state index in [0.717, 1.165) is 29.9 Å². The van der Waals surface area contributed by atoms with Crippen molar-refractivity contribution in [3.63, 3.8) is 0 Å². The van der Waals surface area contributed by atoms with E-state index in [0.29, 0.717) is 26.2 Å². The largest absolute Gasteiger partial charge is 0.343 e. The lowest BCUT2D eigenvalue weighted by molar-refractivity contribution is -0.136. The average molecular weight is 335 g/mol. The molecule has 0 bridgehead atoms. The number of nitrogens with zero attached hydrogens (tertiary/aromatic N) is 4. The van der Waals surface area contributed by atoms with Crippen LogP contribution in [-0.2, 0) is 11.8 Å².